The molecule has 1 aromatic heterocycles. The van der Waals surface area contributed by atoms with Crippen LogP contribution >= 0.6 is 11.3 Å². The first-order chi connectivity index (χ1) is 13.7. The van der Waals surface area contributed by atoms with E-state index < -0.39 is 16.0 Å². The minimum Gasteiger partial charge on any atom is -0.465 e. The lowest BCUT2D eigenvalue weighted by Gasteiger charge is -2.35. The van der Waals surface area contributed by atoms with Crippen molar-refractivity contribution in [3.63, 3.8) is 0 Å². The zero-order valence-electron chi connectivity index (χ0n) is 16.2. The van der Waals surface area contributed by atoms with Gasteiger partial charge in [0.05, 0.1) is 30.6 Å². The van der Waals surface area contributed by atoms with Crippen molar-refractivity contribution in [2.24, 2.45) is 0 Å². The lowest BCUT2D eigenvalue weighted by Crippen LogP contribution is -2.48. The van der Waals surface area contributed by atoms with Crippen LogP contribution in [0.2, 0.25) is 0 Å². The molecule has 1 amide bonds. The van der Waals surface area contributed by atoms with Crippen LogP contribution in [0.4, 0.5) is 5.69 Å². The maximum atomic E-state index is 13.1. The first-order valence-electron chi connectivity index (χ1n) is 8.95. The van der Waals surface area contributed by atoms with Crippen molar-refractivity contribution in [3.05, 3.63) is 46.2 Å². The van der Waals surface area contributed by atoms with E-state index in [9.17, 15) is 18.0 Å². The minimum atomic E-state index is -4.10. The molecule has 1 saturated heterocycles. The Morgan fingerprint density at radius 2 is 1.83 bits per heavy atom. The van der Waals surface area contributed by atoms with Crippen molar-refractivity contribution in [2.75, 3.05) is 24.9 Å². The Morgan fingerprint density at radius 1 is 1.17 bits per heavy atom. The molecular weight excluding hydrogens is 416 g/mol. The first-order valence-corrected chi connectivity index (χ1v) is 11.3. The van der Waals surface area contributed by atoms with Gasteiger partial charge in [-0.15, -0.1) is 11.3 Å². The van der Waals surface area contributed by atoms with Gasteiger partial charge in [0.25, 0.3) is 15.9 Å². The van der Waals surface area contributed by atoms with Gasteiger partial charge in [0.1, 0.15) is 9.77 Å². The summed E-state index contributed by atoms with van der Waals surface area (Å²) in [6.45, 7) is 4.60. The molecule has 2 atom stereocenters. The highest BCUT2D eigenvalue weighted by Gasteiger charge is 2.30. The van der Waals surface area contributed by atoms with Crippen molar-refractivity contribution in [3.8, 4) is 0 Å². The summed E-state index contributed by atoms with van der Waals surface area (Å²) in [5.74, 6) is -1.02. The van der Waals surface area contributed by atoms with Crippen molar-refractivity contribution >= 4 is 38.9 Å². The third kappa shape index (κ3) is 4.60. The predicted octanol–water partition coefficient (Wildman–Crippen LogP) is 2.58. The summed E-state index contributed by atoms with van der Waals surface area (Å²) in [4.78, 5) is 26.4. The fraction of sp³-hybridized carbons (Fsp3) is 0.368. The topological polar surface area (TPSA) is 102 Å². The Morgan fingerprint density at radius 3 is 2.48 bits per heavy atom. The van der Waals surface area contributed by atoms with Crippen molar-refractivity contribution in [1.82, 2.24) is 4.90 Å². The van der Waals surface area contributed by atoms with Crippen LogP contribution < -0.4 is 4.72 Å². The average Bonchev–Trinajstić information content (AvgIpc) is 3.17. The molecule has 0 aliphatic carbocycles. The number of morpholine rings is 1. The second kappa shape index (κ2) is 8.52. The van der Waals surface area contributed by atoms with E-state index in [-0.39, 0.29) is 39.1 Å². The van der Waals surface area contributed by atoms with E-state index in [4.69, 9.17) is 4.74 Å². The molecule has 0 radical (unpaired) electrons. The summed E-state index contributed by atoms with van der Waals surface area (Å²) in [6, 6.07) is 7.72. The summed E-state index contributed by atoms with van der Waals surface area (Å²) in [6.07, 6.45) is -0.222. The molecule has 0 bridgehead atoms. The van der Waals surface area contributed by atoms with Crippen molar-refractivity contribution < 1.29 is 27.5 Å². The van der Waals surface area contributed by atoms with Gasteiger partial charge in [-0.05, 0) is 37.4 Å². The highest BCUT2D eigenvalue weighted by atomic mass is 32.2. The molecule has 0 spiro atoms. The maximum absolute atomic E-state index is 13.1. The normalized spacial score (nSPS) is 19.6. The minimum absolute atomic E-state index is 0.0281. The number of esters is 1. The third-order valence-electron chi connectivity index (χ3n) is 4.40. The van der Waals surface area contributed by atoms with E-state index in [1.54, 1.807) is 23.1 Å². The molecule has 1 fully saturated rings. The SMILES string of the molecule is COC(=O)c1sccc1S(=O)(=O)Nc1ccccc1C(=O)N1CC(C)OC(C)C1. The Kier molecular flexibility index (Phi) is 6.25. The molecule has 8 nitrogen and oxygen atoms in total. The van der Waals surface area contributed by atoms with E-state index in [1.807, 2.05) is 13.8 Å². The summed E-state index contributed by atoms with van der Waals surface area (Å²) < 4.78 is 38.6. The van der Waals surface area contributed by atoms with Gasteiger partial charge in [0, 0.05) is 13.1 Å². The molecule has 1 aromatic carbocycles. The van der Waals surface area contributed by atoms with Gasteiger partial charge in [-0.25, -0.2) is 13.2 Å². The second-order valence-electron chi connectivity index (χ2n) is 6.72. The number of ether oxygens (including phenoxy) is 2. The van der Waals surface area contributed by atoms with Gasteiger partial charge in [-0.3, -0.25) is 9.52 Å². The molecule has 29 heavy (non-hydrogen) atoms. The summed E-state index contributed by atoms with van der Waals surface area (Å²) in [7, 11) is -2.92. The highest BCUT2D eigenvalue weighted by molar-refractivity contribution is 7.93. The Hall–Kier alpha value is -2.43. The standard InChI is InChI=1S/C19H22N2O6S2/c1-12-10-21(11-13(2)27-12)18(22)14-6-4-5-7-15(14)20-29(24,25)16-8-9-28-17(16)19(23)26-3/h4-9,12-13,20H,10-11H2,1-3H3. The molecule has 2 unspecified atom stereocenters. The number of thiophene rings is 1. The number of carbonyl (C=O) groups is 2. The Bertz CT molecular complexity index is 1010. The number of nitrogens with zero attached hydrogens (tertiary/aromatic N) is 1. The summed E-state index contributed by atoms with van der Waals surface area (Å²) in [5.41, 5.74) is 0.374. The van der Waals surface area contributed by atoms with Gasteiger partial charge in [-0.1, -0.05) is 12.1 Å². The van der Waals surface area contributed by atoms with Crippen LogP contribution in [-0.2, 0) is 19.5 Å². The number of hydrogen-bond acceptors (Lipinski definition) is 7. The smallest absolute Gasteiger partial charge is 0.349 e. The Balaban J connectivity index is 1.91. The summed E-state index contributed by atoms with van der Waals surface area (Å²) in [5, 5.41) is 1.49. The molecule has 10 heteroatoms. The maximum Gasteiger partial charge on any atom is 0.349 e. The number of para-hydroxylation sites is 1. The fourth-order valence-corrected chi connectivity index (χ4v) is 5.64. The molecule has 1 aliphatic rings. The molecule has 3 rings (SSSR count). The number of anilines is 1. The largest absolute Gasteiger partial charge is 0.465 e. The Labute approximate surface area is 173 Å². The van der Waals surface area contributed by atoms with Crippen LogP contribution in [0.5, 0.6) is 0 Å². The zero-order chi connectivity index (χ0) is 21.2. The molecule has 156 valence electrons. The van der Waals surface area contributed by atoms with Crippen LogP contribution in [-0.4, -0.2) is 57.6 Å². The van der Waals surface area contributed by atoms with Crippen LogP contribution in [0.25, 0.3) is 0 Å². The van der Waals surface area contributed by atoms with Gasteiger partial charge in [0.15, 0.2) is 0 Å². The predicted molar refractivity (Wildman–Crippen MR) is 109 cm³/mol. The van der Waals surface area contributed by atoms with E-state index in [0.717, 1.165) is 11.3 Å². The van der Waals surface area contributed by atoms with Crippen LogP contribution in [0.15, 0.2) is 40.6 Å². The number of methoxy groups -OCH3 is 1. The monoisotopic (exact) mass is 438 g/mol. The van der Waals surface area contributed by atoms with Gasteiger partial charge in [0.2, 0.25) is 0 Å². The second-order valence-corrected chi connectivity index (χ2v) is 9.29. The van der Waals surface area contributed by atoms with Crippen molar-refractivity contribution in [2.45, 2.75) is 31.0 Å². The fourth-order valence-electron chi connectivity index (χ4n) is 3.22. The molecule has 2 heterocycles. The number of amides is 1. The molecular formula is C19H22N2O6S2. The number of hydrogen-bond donors (Lipinski definition) is 1. The number of nitrogens with one attached hydrogen (secondary N) is 1. The van der Waals surface area contributed by atoms with E-state index in [1.165, 1.54) is 24.6 Å². The van der Waals surface area contributed by atoms with Crippen LogP contribution in [0, 0.1) is 0 Å². The lowest BCUT2D eigenvalue weighted by molar-refractivity contribution is -0.0585. The first kappa shape index (κ1) is 21.3. The van der Waals surface area contributed by atoms with Gasteiger partial charge < -0.3 is 14.4 Å². The number of rotatable bonds is 5. The average molecular weight is 439 g/mol. The lowest BCUT2D eigenvalue weighted by atomic mass is 10.1. The van der Waals surface area contributed by atoms with E-state index in [2.05, 4.69) is 9.46 Å². The van der Waals surface area contributed by atoms with Gasteiger partial charge >= 0.3 is 5.97 Å². The van der Waals surface area contributed by atoms with Crippen LogP contribution in [0.3, 0.4) is 0 Å². The molecule has 1 aliphatic heterocycles. The van der Waals surface area contributed by atoms with Crippen LogP contribution in [0.1, 0.15) is 33.9 Å². The highest BCUT2D eigenvalue weighted by Crippen LogP contribution is 2.27. The quantitative estimate of drug-likeness (QED) is 0.720. The van der Waals surface area contributed by atoms with E-state index >= 15 is 0 Å². The third-order valence-corrected chi connectivity index (χ3v) is 6.83. The van der Waals surface area contributed by atoms with E-state index in [0.29, 0.717) is 13.1 Å². The number of benzene rings is 1. The molecule has 1 N–H and O–H groups in total. The number of sulfonamides is 1. The molecule has 0 saturated carbocycles. The van der Waals surface area contributed by atoms with Crippen molar-refractivity contribution in [1.29, 1.82) is 0 Å². The summed E-state index contributed by atoms with van der Waals surface area (Å²) >= 11 is 0.971. The molecule has 2 aromatic rings. The van der Waals surface area contributed by atoms with Gasteiger partial charge in [-0.2, -0.15) is 0 Å². The zero-order valence-corrected chi connectivity index (χ0v) is 17.9. The number of carbonyl (C=O) groups excluding carboxylic acids is 2.